The number of hydrogen-bond donors (Lipinski definition) is 2. The first-order chi connectivity index (χ1) is 9.56. The molecule has 2 rings (SSSR count). The molecule has 1 aromatic heterocycles. The molecule has 0 bridgehead atoms. The van der Waals surface area contributed by atoms with E-state index >= 15 is 0 Å². The molecular formula is C13H19N3O4. The maximum absolute atomic E-state index is 11.7. The maximum Gasteiger partial charge on any atom is 0.291 e. The molecule has 110 valence electrons. The summed E-state index contributed by atoms with van der Waals surface area (Å²) in [5.41, 5.74) is 4.82. The smallest absolute Gasteiger partial charge is 0.291 e. The zero-order chi connectivity index (χ0) is 14.5. The van der Waals surface area contributed by atoms with E-state index < -0.39 is 5.91 Å². The van der Waals surface area contributed by atoms with Crippen LogP contribution in [-0.4, -0.2) is 29.5 Å². The van der Waals surface area contributed by atoms with Crippen LogP contribution in [0, 0.1) is 12.8 Å². The molecule has 7 nitrogen and oxygen atoms in total. The maximum atomic E-state index is 11.7. The Kier molecular flexibility index (Phi) is 4.73. The summed E-state index contributed by atoms with van der Waals surface area (Å²) < 4.78 is 10.5. The molecule has 2 heterocycles. The average Bonchev–Trinajstić information content (AvgIpc) is 2.85. The standard InChI is InChI=1S/C13H19N3O4/c1-8-3-4-10(19-6-8)5-11(17)15-16-13(18)12-9(2)20-7-14-12/h7-8,10H,3-6H2,1-2H3,(H,15,17)(H,16,18)/t8-,10+/m1/s1. The molecule has 1 aliphatic rings. The van der Waals surface area contributed by atoms with Crippen molar-refractivity contribution in [2.75, 3.05) is 6.61 Å². The second kappa shape index (κ2) is 6.51. The van der Waals surface area contributed by atoms with Crippen LogP contribution in [0.1, 0.15) is 42.4 Å². The number of hydrazine groups is 1. The van der Waals surface area contributed by atoms with Crippen molar-refractivity contribution in [2.45, 2.75) is 39.2 Å². The molecule has 2 N–H and O–H groups in total. The SMILES string of the molecule is Cc1ocnc1C(=O)NNC(=O)C[C@@H]1CC[C@@H](C)CO1. The molecule has 2 amide bonds. The third-order valence-corrected chi connectivity index (χ3v) is 3.29. The van der Waals surface area contributed by atoms with E-state index in [0.29, 0.717) is 18.3 Å². The van der Waals surface area contributed by atoms with Crippen LogP contribution in [0.25, 0.3) is 0 Å². The van der Waals surface area contributed by atoms with E-state index in [0.717, 1.165) is 12.8 Å². The first-order valence-corrected chi connectivity index (χ1v) is 6.67. The summed E-state index contributed by atoms with van der Waals surface area (Å²) >= 11 is 0. The fourth-order valence-corrected chi connectivity index (χ4v) is 2.07. The molecule has 1 saturated heterocycles. The second-order valence-electron chi connectivity index (χ2n) is 5.10. The predicted octanol–water partition coefficient (Wildman–Crippen LogP) is 0.949. The van der Waals surface area contributed by atoms with Gasteiger partial charge >= 0.3 is 0 Å². The van der Waals surface area contributed by atoms with Crippen LogP contribution in [0.2, 0.25) is 0 Å². The lowest BCUT2D eigenvalue weighted by atomic mass is 9.99. The number of nitrogens with zero attached hydrogens (tertiary/aromatic N) is 1. The molecule has 2 atom stereocenters. The van der Waals surface area contributed by atoms with Gasteiger partial charge in [-0.3, -0.25) is 20.4 Å². The topological polar surface area (TPSA) is 93.5 Å². The number of carbonyl (C=O) groups is 2. The van der Waals surface area contributed by atoms with Gasteiger partial charge in [0.25, 0.3) is 5.91 Å². The summed E-state index contributed by atoms with van der Waals surface area (Å²) in [6, 6.07) is 0. The van der Waals surface area contributed by atoms with Crippen LogP contribution in [0.4, 0.5) is 0 Å². The Labute approximate surface area is 117 Å². The molecule has 0 unspecified atom stereocenters. The Bertz CT molecular complexity index is 478. The van der Waals surface area contributed by atoms with Gasteiger partial charge in [-0.1, -0.05) is 6.92 Å². The number of carbonyl (C=O) groups excluding carboxylic acids is 2. The second-order valence-corrected chi connectivity index (χ2v) is 5.10. The highest BCUT2D eigenvalue weighted by molar-refractivity contribution is 5.94. The lowest BCUT2D eigenvalue weighted by Gasteiger charge is -2.26. The largest absolute Gasteiger partial charge is 0.448 e. The lowest BCUT2D eigenvalue weighted by Crippen LogP contribution is -2.43. The van der Waals surface area contributed by atoms with E-state index in [9.17, 15) is 9.59 Å². The first-order valence-electron chi connectivity index (χ1n) is 6.67. The van der Waals surface area contributed by atoms with Crippen molar-refractivity contribution in [3.8, 4) is 0 Å². The molecule has 1 aliphatic heterocycles. The van der Waals surface area contributed by atoms with Crippen molar-refractivity contribution < 1.29 is 18.7 Å². The Morgan fingerprint density at radius 3 is 2.80 bits per heavy atom. The predicted molar refractivity (Wildman–Crippen MR) is 69.6 cm³/mol. The van der Waals surface area contributed by atoms with E-state index in [1.165, 1.54) is 6.39 Å². The van der Waals surface area contributed by atoms with Crippen molar-refractivity contribution >= 4 is 11.8 Å². The van der Waals surface area contributed by atoms with Gasteiger partial charge in [-0.2, -0.15) is 0 Å². The highest BCUT2D eigenvalue weighted by atomic mass is 16.5. The summed E-state index contributed by atoms with van der Waals surface area (Å²) in [7, 11) is 0. The lowest BCUT2D eigenvalue weighted by molar-refractivity contribution is -0.126. The molecule has 0 aliphatic carbocycles. The number of aromatic nitrogens is 1. The minimum Gasteiger partial charge on any atom is -0.448 e. The molecule has 0 radical (unpaired) electrons. The number of nitrogens with one attached hydrogen (secondary N) is 2. The van der Waals surface area contributed by atoms with Crippen LogP contribution >= 0.6 is 0 Å². The average molecular weight is 281 g/mol. The van der Waals surface area contributed by atoms with Gasteiger partial charge in [-0.05, 0) is 25.7 Å². The number of amides is 2. The fraction of sp³-hybridized carbons (Fsp3) is 0.615. The summed E-state index contributed by atoms with van der Waals surface area (Å²) in [6.45, 7) is 4.43. The van der Waals surface area contributed by atoms with Gasteiger partial charge in [0.15, 0.2) is 12.1 Å². The third-order valence-electron chi connectivity index (χ3n) is 3.29. The van der Waals surface area contributed by atoms with Crippen LogP contribution in [0.5, 0.6) is 0 Å². The number of oxazole rings is 1. The van der Waals surface area contributed by atoms with Crippen molar-refractivity contribution in [3.05, 3.63) is 17.8 Å². The Morgan fingerprint density at radius 2 is 2.20 bits per heavy atom. The highest BCUT2D eigenvalue weighted by Crippen LogP contribution is 2.20. The molecular weight excluding hydrogens is 262 g/mol. The van der Waals surface area contributed by atoms with Crippen molar-refractivity contribution in [1.82, 2.24) is 15.8 Å². The van der Waals surface area contributed by atoms with Gasteiger partial charge in [0.05, 0.1) is 12.5 Å². The van der Waals surface area contributed by atoms with E-state index in [2.05, 4.69) is 22.8 Å². The number of aryl methyl sites for hydroxylation is 1. The summed E-state index contributed by atoms with van der Waals surface area (Å²) in [5.74, 6) is 0.173. The van der Waals surface area contributed by atoms with Gasteiger partial charge in [0.2, 0.25) is 5.91 Å². The minimum absolute atomic E-state index is 0.0723. The van der Waals surface area contributed by atoms with Gasteiger partial charge < -0.3 is 9.15 Å². The fourth-order valence-electron chi connectivity index (χ4n) is 2.07. The van der Waals surface area contributed by atoms with Crippen LogP contribution < -0.4 is 10.9 Å². The van der Waals surface area contributed by atoms with Gasteiger partial charge in [-0.15, -0.1) is 0 Å². The molecule has 0 saturated carbocycles. The zero-order valence-corrected chi connectivity index (χ0v) is 11.6. The first kappa shape index (κ1) is 14.5. The van der Waals surface area contributed by atoms with Crippen molar-refractivity contribution in [1.29, 1.82) is 0 Å². The van der Waals surface area contributed by atoms with Crippen molar-refractivity contribution in [2.24, 2.45) is 5.92 Å². The molecule has 0 aromatic carbocycles. The van der Waals surface area contributed by atoms with Gasteiger partial charge in [0, 0.05) is 6.61 Å². The molecule has 1 aromatic rings. The highest BCUT2D eigenvalue weighted by Gasteiger charge is 2.22. The normalized spacial score (nSPS) is 22.3. The summed E-state index contributed by atoms with van der Waals surface area (Å²) in [6.07, 6.45) is 3.28. The Morgan fingerprint density at radius 1 is 1.40 bits per heavy atom. The molecule has 0 spiro atoms. The van der Waals surface area contributed by atoms with Crippen LogP contribution in [0.3, 0.4) is 0 Å². The number of ether oxygens (including phenoxy) is 1. The van der Waals surface area contributed by atoms with E-state index in [1.807, 2.05) is 0 Å². The third kappa shape index (κ3) is 3.80. The van der Waals surface area contributed by atoms with Crippen LogP contribution in [-0.2, 0) is 9.53 Å². The van der Waals surface area contributed by atoms with E-state index in [4.69, 9.17) is 9.15 Å². The van der Waals surface area contributed by atoms with E-state index in [-0.39, 0.29) is 24.1 Å². The number of hydrogen-bond acceptors (Lipinski definition) is 5. The quantitative estimate of drug-likeness (QED) is 0.804. The Balaban J connectivity index is 1.73. The molecule has 1 fully saturated rings. The zero-order valence-electron chi connectivity index (χ0n) is 11.6. The van der Waals surface area contributed by atoms with Gasteiger partial charge in [0.1, 0.15) is 5.76 Å². The Hall–Kier alpha value is -1.89. The molecule has 7 heteroatoms. The monoisotopic (exact) mass is 281 g/mol. The number of rotatable bonds is 3. The summed E-state index contributed by atoms with van der Waals surface area (Å²) in [4.78, 5) is 27.2. The van der Waals surface area contributed by atoms with Crippen molar-refractivity contribution in [3.63, 3.8) is 0 Å². The van der Waals surface area contributed by atoms with E-state index in [1.54, 1.807) is 6.92 Å². The molecule has 20 heavy (non-hydrogen) atoms. The summed E-state index contributed by atoms with van der Waals surface area (Å²) in [5, 5.41) is 0. The minimum atomic E-state index is -0.497. The van der Waals surface area contributed by atoms with Gasteiger partial charge in [-0.25, -0.2) is 4.98 Å². The van der Waals surface area contributed by atoms with Crippen LogP contribution in [0.15, 0.2) is 10.8 Å².